The first-order valence-corrected chi connectivity index (χ1v) is 9.02. The van der Waals surface area contributed by atoms with Crippen LogP contribution in [0, 0.1) is 11.6 Å². The van der Waals surface area contributed by atoms with Crippen molar-refractivity contribution >= 4 is 11.9 Å². The van der Waals surface area contributed by atoms with E-state index in [0.29, 0.717) is 6.42 Å². The van der Waals surface area contributed by atoms with Gasteiger partial charge in [-0.25, -0.2) is 13.6 Å². The van der Waals surface area contributed by atoms with E-state index >= 15 is 0 Å². The Hall–Kier alpha value is -2.70. The molecule has 2 aromatic rings. The highest BCUT2D eigenvalue weighted by atomic mass is 19.1. The zero-order chi connectivity index (χ0) is 19.6. The summed E-state index contributed by atoms with van der Waals surface area (Å²) in [6.07, 6.45) is 3.63. The number of amides is 1. The van der Waals surface area contributed by atoms with Crippen LogP contribution in [-0.4, -0.2) is 27.9 Å². The Balaban J connectivity index is 1.96. The van der Waals surface area contributed by atoms with Gasteiger partial charge in [0.05, 0.1) is 6.54 Å². The van der Waals surface area contributed by atoms with Crippen LogP contribution in [0.4, 0.5) is 8.78 Å². The number of aryl methyl sites for hydroxylation is 1. The summed E-state index contributed by atoms with van der Waals surface area (Å²) in [5.41, 5.74) is -0.247. The summed E-state index contributed by atoms with van der Waals surface area (Å²) in [6, 6.07) is 4.61. The number of carboxylic acid groups (broad SMARTS) is 1. The molecular weight excluding hydrogens is 356 g/mol. The Morgan fingerprint density at radius 2 is 1.85 bits per heavy atom. The van der Waals surface area contributed by atoms with Crippen molar-refractivity contribution < 1.29 is 27.9 Å². The van der Waals surface area contributed by atoms with Crippen molar-refractivity contribution in [2.45, 2.75) is 51.6 Å². The molecule has 0 atom stereocenters. The molecule has 1 aromatic carbocycles. The highest BCUT2D eigenvalue weighted by Crippen LogP contribution is 2.29. The lowest BCUT2D eigenvalue weighted by atomic mass is 10.1. The normalized spacial score (nSPS) is 14.5. The van der Waals surface area contributed by atoms with Crippen LogP contribution in [0.25, 0.3) is 0 Å². The summed E-state index contributed by atoms with van der Waals surface area (Å²) in [6.45, 7) is 1.50. The molecule has 0 unspecified atom stereocenters. The monoisotopic (exact) mass is 377 g/mol. The quantitative estimate of drug-likeness (QED) is 0.810. The van der Waals surface area contributed by atoms with Crippen LogP contribution < -0.4 is 0 Å². The predicted octanol–water partition coefficient (Wildman–Crippen LogP) is 4.40. The molecule has 3 rings (SSSR count). The highest BCUT2D eigenvalue weighted by Gasteiger charge is 2.32. The number of carboxylic acids is 1. The smallest absolute Gasteiger partial charge is 0.339 e. The van der Waals surface area contributed by atoms with E-state index in [9.17, 15) is 23.5 Å². The van der Waals surface area contributed by atoms with Crippen LogP contribution in [-0.2, 0) is 13.0 Å². The molecule has 1 aliphatic carbocycles. The molecule has 1 amide bonds. The number of nitrogens with zero attached hydrogens (tertiary/aromatic N) is 1. The zero-order valence-electron chi connectivity index (χ0n) is 15.0. The third-order valence-corrected chi connectivity index (χ3v) is 4.99. The van der Waals surface area contributed by atoms with E-state index in [1.807, 2.05) is 0 Å². The molecule has 1 heterocycles. The number of halogens is 2. The van der Waals surface area contributed by atoms with E-state index < -0.39 is 23.5 Å². The number of benzene rings is 1. The second-order valence-electron chi connectivity index (χ2n) is 6.68. The van der Waals surface area contributed by atoms with Gasteiger partial charge in [0.2, 0.25) is 0 Å². The molecule has 7 heteroatoms. The minimum absolute atomic E-state index is 0.0655. The van der Waals surface area contributed by atoms with Gasteiger partial charge in [0.15, 0.2) is 5.76 Å². The highest BCUT2D eigenvalue weighted by molar-refractivity contribution is 5.96. The molecule has 1 aromatic heterocycles. The maximum absolute atomic E-state index is 14.1. The fraction of sp³-hybridized carbons (Fsp3) is 0.400. The lowest BCUT2D eigenvalue weighted by Gasteiger charge is -2.28. The molecule has 1 fully saturated rings. The van der Waals surface area contributed by atoms with Gasteiger partial charge in [-0.3, -0.25) is 4.79 Å². The van der Waals surface area contributed by atoms with Gasteiger partial charge in [-0.15, -0.1) is 0 Å². The molecule has 27 heavy (non-hydrogen) atoms. The van der Waals surface area contributed by atoms with E-state index in [4.69, 9.17) is 4.42 Å². The number of hydrogen-bond acceptors (Lipinski definition) is 3. The Morgan fingerprint density at radius 1 is 1.22 bits per heavy atom. The summed E-state index contributed by atoms with van der Waals surface area (Å²) in [4.78, 5) is 25.8. The molecule has 1 saturated carbocycles. The minimum atomic E-state index is -1.18. The number of rotatable bonds is 6. The van der Waals surface area contributed by atoms with Crippen molar-refractivity contribution in [2.75, 3.05) is 0 Å². The maximum Gasteiger partial charge on any atom is 0.339 e. The Morgan fingerprint density at radius 3 is 2.37 bits per heavy atom. The van der Waals surface area contributed by atoms with Crippen LogP contribution in [0.2, 0.25) is 0 Å². The summed E-state index contributed by atoms with van der Waals surface area (Å²) in [7, 11) is 0. The van der Waals surface area contributed by atoms with Gasteiger partial charge in [-0.2, -0.15) is 0 Å². The first-order valence-electron chi connectivity index (χ1n) is 9.02. The van der Waals surface area contributed by atoms with E-state index in [2.05, 4.69) is 0 Å². The lowest BCUT2D eigenvalue weighted by Crippen LogP contribution is -2.38. The predicted molar refractivity (Wildman–Crippen MR) is 93.5 cm³/mol. The second kappa shape index (κ2) is 7.90. The molecule has 0 saturated heterocycles. The van der Waals surface area contributed by atoms with Crippen LogP contribution in [0.1, 0.15) is 64.8 Å². The van der Waals surface area contributed by atoms with Crippen molar-refractivity contribution in [3.05, 3.63) is 58.5 Å². The van der Waals surface area contributed by atoms with Gasteiger partial charge in [0, 0.05) is 24.1 Å². The van der Waals surface area contributed by atoms with Crippen LogP contribution in [0.15, 0.2) is 28.7 Å². The van der Waals surface area contributed by atoms with Crippen molar-refractivity contribution in [2.24, 2.45) is 0 Å². The fourth-order valence-electron chi connectivity index (χ4n) is 3.56. The molecule has 0 radical (unpaired) electrons. The molecule has 1 aliphatic rings. The first-order chi connectivity index (χ1) is 12.9. The van der Waals surface area contributed by atoms with E-state index in [1.165, 1.54) is 17.0 Å². The fourth-order valence-corrected chi connectivity index (χ4v) is 3.56. The van der Waals surface area contributed by atoms with Gasteiger partial charge in [0.25, 0.3) is 5.91 Å². The Bertz CT molecular complexity index is 835. The summed E-state index contributed by atoms with van der Waals surface area (Å²) in [5.74, 6) is -3.08. The minimum Gasteiger partial charge on any atom is -0.478 e. The van der Waals surface area contributed by atoms with Crippen LogP contribution >= 0.6 is 0 Å². The second-order valence-corrected chi connectivity index (χ2v) is 6.68. The van der Waals surface area contributed by atoms with Crippen molar-refractivity contribution in [1.29, 1.82) is 0 Å². The third-order valence-electron chi connectivity index (χ3n) is 4.99. The van der Waals surface area contributed by atoms with E-state index in [1.54, 1.807) is 6.92 Å². The largest absolute Gasteiger partial charge is 0.478 e. The molecule has 0 aliphatic heterocycles. The Labute approximate surface area is 155 Å². The number of carbonyl (C=O) groups excluding carboxylic acids is 1. The first kappa shape index (κ1) is 19.1. The molecule has 0 spiro atoms. The van der Waals surface area contributed by atoms with Crippen molar-refractivity contribution in [1.82, 2.24) is 4.90 Å². The maximum atomic E-state index is 14.1. The number of carbonyl (C=O) groups is 2. The lowest BCUT2D eigenvalue weighted by molar-refractivity contribution is 0.0624. The molecule has 5 nitrogen and oxygen atoms in total. The van der Waals surface area contributed by atoms with E-state index in [0.717, 1.165) is 37.8 Å². The molecule has 0 bridgehead atoms. The SMILES string of the molecule is CCc1oc(C(=O)N(Cc2c(F)cccc2F)C2CCCC2)cc1C(=O)O. The van der Waals surface area contributed by atoms with Gasteiger partial charge in [-0.05, 0) is 25.0 Å². The summed E-state index contributed by atoms with van der Waals surface area (Å²) >= 11 is 0. The standard InChI is InChI=1S/C20H21F2NO4/c1-2-17-13(20(25)26)10-18(27-17)19(24)23(12-6-3-4-7-12)11-14-15(21)8-5-9-16(14)22/h5,8-10,12H,2-4,6-7,11H2,1H3,(H,25,26). The average Bonchev–Trinajstić information content (AvgIpc) is 3.30. The number of furan rings is 1. The number of aromatic carboxylic acids is 1. The Kier molecular flexibility index (Phi) is 5.58. The van der Waals surface area contributed by atoms with Crippen LogP contribution in [0.3, 0.4) is 0 Å². The summed E-state index contributed by atoms with van der Waals surface area (Å²) in [5, 5.41) is 9.27. The van der Waals surface area contributed by atoms with Gasteiger partial charge < -0.3 is 14.4 Å². The van der Waals surface area contributed by atoms with E-state index in [-0.39, 0.29) is 35.2 Å². The average molecular weight is 377 g/mol. The third kappa shape index (κ3) is 3.86. The van der Waals surface area contributed by atoms with Gasteiger partial charge in [0.1, 0.15) is 23.0 Å². The topological polar surface area (TPSA) is 70.8 Å². The van der Waals surface area contributed by atoms with Gasteiger partial charge >= 0.3 is 5.97 Å². The zero-order valence-corrected chi connectivity index (χ0v) is 15.0. The molecule has 144 valence electrons. The van der Waals surface area contributed by atoms with Gasteiger partial charge in [-0.1, -0.05) is 25.8 Å². The summed E-state index contributed by atoms with van der Waals surface area (Å²) < 4.78 is 33.7. The number of hydrogen-bond donors (Lipinski definition) is 1. The molecular formula is C20H21F2NO4. The van der Waals surface area contributed by atoms with Crippen molar-refractivity contribution in [3.63, 3.8) is 0 Å². The van der Waals surface area contributed by atoms with Crippen LogP contribution in [0.5, 0.6) is 0 Å². The molecule has 1 N–H and O–H groups in total. The van der Waals surface area contributed by atoms with Crippen molar-refractivity contribution in [3.8, 4) is 0 Å².